The standard InChI is InChI=1S/C22H21NO4S/c1-18-10-8-9-15-21(18)23(28(25,26)20-13-6-3-7-14-20)16-17-27-22(24)19-11-4-2-5-12-19/h2-15H,16-17H2,1H3. The summed E-state index contributed by atoms with van der Waals surface area (Å²) in [6, 6.07) is 24.1. The van der Waals surface area contributed by atoms with Crippen LogP contribution in [0.3, 0.4) is 0 Å². The maximum atomic E-state index is 13.2. The van der Waals surface area contributed by atoms with Crippen LogP contribution in [-0.2, 0) is 14.8 Å². The third-order valence-corrected chi connectivity index (χ3v) is 6.08. The van der Waals surface area contributed by atoms with Crippen molar-refractivity contribution in [1.82, 2.24) is 0 Å². The molecule has 0 fully saturated rings. The van der Waals surface area contributed by atoms with Gasteiger partial charge in [-0.05, 0) is 42.8 Å². The van der Waals surface area contributed by atoms with Crippen molar-refractivity contribution >= 4 is 21.7 Å². The summed E-state index contributed by atoms with van der Waals surface area (Å²) in [5.74, 6) is -0.484. The van der Waals surface area contributed by atoms with Crippen molar-refractivity contribution in [2.45, 2.75) is 11.8 Å². The summed E-state index contributed by atoms with van der Waals surface area (Å²) in [5, 5.41) is 0. The molecule has 0 saturated carbocycles. The molecule has 0 radical (unpaired) electrons. The van der Waals surface area contributed by atoms with E-state index in [1.807, 2.05) is 25.1 Å². The minimum atomic E-state index is -3.80. The summed E-state index contributed by atoms with van der Waals surface area (Å²) < 4.78 is 33.0. The van der Waals surface area contributed by atoms with Crippen molar-refractivity contribution in [2.24, 2.45) is 0 Å². The zero-order valence-electron chi connectivity index (χ0n) is 15.5. The number of ether oxygens (including phenoxy) is 1. The Hall–Kier alpha value is -3.12. The van der Waals surface area contributed by atoms with Gasteiger partial charge < -0.3 is 4.74 Å². The highest BCUT2D eigenvalue weighted by atomic mass is 32.2. The first-order valence-corrected chi connectivity index (χ1v) is 10.3. The van der Waals surface area contributed by atoms with Crippen LogP contribution in [0, 0.1) is 6.92 Å². The molecular formula is C22H21NO4S. The zero-order chi connectivity index (χ0) is 20.0. The second-order valence-electron chi connectivity index (χ2n) is 6.18. The number of carbonyl (C=O) groups excluding carboxylic acids is 1. The molecule has 5 nitrogen and oxygen atoms in total. The molecule has 0 N–H and O–H groups in total. The Labute approximate surface area is 165 Å². The molecule has 0 atom stereocenters. The maximum Gasteiger partial charge on any atom is 0.338 e. The van der Waals surface area contributed by atoms with Gasteiger partial charge >= 0.3 is 5.97 Å². The molecular weight excluding hydrogens is 374 g/mol. The van der Waals surface area contributed by atoms with Gasteiger partial charge in [-0.3, -0.25) is 4.31 Å². The Bertz CT molecular complexity index is 1030. The number of nitrogens with zero attached hydrogens (tertiary/aromatic N) is 1. The first-order valence-electron chi connectivity index (χ1n) is 8.86. The Balaban J connectivity index is 1.84. The monoisotopic (exact) mass is 395 g/mol. The average molecular weight is 395 g/mol. The summed E-state index contributed by atoms with van der Waals surface area (Å²) in [5.41, 5.74) is 1.80. The third kappa shape index (κ3) is 4.40. The molecule has 3 aromatic rings. The van der Waals surface area contributed by atoms with Gasteiger partial charge in [0.2, 0.25) is 0 Å². The number of esters is 1. The highest BCUT2D eigenvalue weighted by Crippen LogP contribution is 2.26. The highest BCUT2D eigenvalue weighted by Gasteiger charge is 2.26. The number of hydrogen-bond acceptors (Lipinski definition) is 4. The number of hydrogen-bond donors (Lipinski definition) is 0. The predicted molar refractivity (Wildman–Crippen MR) is 109 cm³/mol. The Kier molecular flexibility index (Phi) is 6.11. The predicted octanol–water partition coefficient (Wildman–Crippen LogP) is 4.05. The molecule has 0 bridgehead atoms. The van der Waals surface area contributed by atoms with Gasteiger partial charge in [-0.15, -0.1) is 0 Å². The average Bonchev–Trinajstić information content (AvgIpc) is 2.73. The number of sulfonamides is 1. The molecule has 0 aliphatic heterocycles. The van der Waals surface area contributed by atoms with Crippen LogP contribution in [-0.4, -0.2) is 27.5 Å². The first kappa shape index (κ1) is 19.6. The van der Waals surface area contributed by atoms with Gasteiger partial charge in [-0.1, -0.05) is 54.6 Å². The minimum absolute atomic E-state index is 0.0145. The van der Waals surface area contributed by atoms with E-state index in [0.29, 0.717) is 11.3 Å². The van der Waals surface area contributed by atoms with Gasteiger partial charge in [0.05, 0.1) is 22.7 Å². The molecule has 3 rings (SSSR count). The Morgan fingerprint density at radius 1 is 0.857 bits per heavy atom. The van der Waals surface area contributed by atoms with Gasteiger partial charge in [-0.2, -0.15) is 0 Å². The molecule has 28 heavy (non-hydrogen) atoms. The molecule has 0 heterocycles. The SMILES string of the molecule is Cc1ccccc1N(CCOC(=O)c1ccccc1)S(=O)(=O)c1ccccc1. The number of benzene rings is 3. The van der Waals surface area contributed by atoms with E-state index in [1.54, 1.807) is 66.7 Å². The van der Waals surface area contributed by atoms with E-state index in [9.17, 15) is 13.2 Å². The second kappa shape index (κ2) is 8.71. The summed E-state index contributed by atoms with van der Waals surface area (Å²) in [4.78, 5) is 12.3. The first-order chi connectivity index (χ1) is 13.5. The van der Waals surface area contributed by atoms with Crippen molar-refractivity contribution in [3.05, 3.63) is 96.1 Å². The minimum Gasteiger partial charge on any atom is -0.460 e. The van der Waals surface area contributed by atoms with Gasteiger partial charge in [-0.25, -0.2) is 13.2 Å². The lowest BCUT2D eigenvalue weighted by atomic mass is 10.2. The normalized spacial score (nSPS) is 11.0. The van der Waals surface area contributed by atoms with E-state index in [-0.39, 0.29) is 18.0 Å². The second-order valence-corrected chi connectivity index (χ2v) is 8.04. The molecule has 0 amide bonds. The molecule has 6 heteroatoms. The van der Waals surface area contributed by atoms with Gasteiger partial charge in [0.15, 0.2) is 0 Å². The van der Waals surface area contributed by atoms with Crippen molar-refractivity contribution in [3.63, 3.8) is 0 Å². The fraction of sp³-hybridized carbons (Fsp3) is 0.136. The van der Waals surface area contributed by atoms with Gasteiger partial charge in [0, 0.05) is 0 Å². The van der Waals surface area contributed by atoms with Crippen LogP contribution in [0.4, 0.5) is 5.69 Å². The number of rotatable bonds is 7. The van der Waals surface area contributed by atoms with Crippen molar-refractivity contribution in [3.8, 4) is 0 Å². The Morgan fingerprint density at radius 2 is 1.43 bits per heavy atom. The van der Waals surface area contributed by atoms with Crippen LogP contribution in [0.25, 0.3) is 0 Å². The number of anilines is 1. The van der Waals surface area contributed by atoms with E-state index in [2.05, 4.69) is 0 Å². The summed E-state index contributed by atoms with van der Waals surface area (Å²) >= 11 is 0. The lowest BCUT2D eigenvalue weighted by Crippen LogP contribution is -2.35. The molecule has 0 saturated heterocycles. The molecule has 0 aromatic heterocycles. The van der Waals surface area contributed by atoms with E-state index >= 15 is 0 Å². The summed E-state index contributed by atoms with van der Waals surface area (Å²) in [6.07, 6.45) is 0. The smallest absolute Gasteiger partial charge is 0.338 e. The van der Waals surface area contributed by atoms with Crippen LogP contribution >= 0.6 is 0 Å². The summed E-state index contributed by atoms with van der Waals surface area (Å²) in [6.45, 7) is 1.80. The van der Waals surface area contributed by atoms with Crippen LogP contribution in [0.5, 0.6) is 0 Å². The lowest BCUT2D eigenvalue weighted by Gasteiger charge is -2.26. The molecule has 3 aromatic carbocycles. The maximum absolute atomic E-state index is 13.2. The fourth-order valence-corrected chi connectivity index (χ4v) is 4.35. The zero-order valence-corrected chi connectivity index (χ0v) is 16.3. The van der Waals surface area contributed by atoms with E-state index in [1.165, 1.54) is 4.31 Å². The number of para-hydroxylation sites is 1. The van der Waals surface area contributed by atoms with E-state index in [0.717, 1.165) is 5.56 Å². The number of carbonyl (C=O) groups is 1. The molecule has 0 aliphatic carbocycles. The topological polar surface area (TPSA) is 63.7 Å². The quantitative estimate of drug-likeness (QED) is 0.566. The lowest BCUT2D eigenvalue weighted by molar-refractivity contribution is 0.0517. The molecule has 0 unspecified atom stereocenters. The van der Waals surface area contributed by atoms with Crippen molar-refractivity contribution in [2.75, 3.05) is 17.5 Å². The van der Waals surface area contributed by atoms with Gasteiger partial charge in [0.1, 0.15) is 6.61 Å². The van der Waals surface area contributed by atoms with Crippen molar-refractivity contribution < 1.29 is 17.9 Å². The molecule has 0 spiro atoms. The van der Waals surface area contributed by atoms with E-state index in [4.69, 9.17) is 4.74 Å². The molecule has 0 aliphatic rings. The third-order valence-electron chi connectivity index (χ3n) is 4.25. The largest absolute Gasteiger partial charge is 0.460 e. The Morgan fingerprint density at radius 3 is 2.07 bits per heavy atom. The number of aryl methyl sites for hydroxylation is 1. The van der Waals surface area contributed by atoms with Crippen LogP contribution < -0.4 is 4.31 Å². The highest BCUT2D eigenvalue weighted by molar-refractivity contribution is 7.92. The van der Waals surface area contributed by atoms with Crippen LogP contribution in [0.1, 0.15) is 15.9 Å². The van der Waals surface area contributed by atoms with Gasteiger partial charge in [0.25, 0.3) is 10.0 Å². The van der Waals surface area contributed by atoms with Crippen LogP contribution in [0.2, 0.25) is 0 Å². The van der Waals surface area contributed by atoms with E-state index < -0.39 is 16.0 Å². The fourth-order valence-electron chi connectivity index (χ4n) is 2.81. The van der Waals surface area contributed by atoms with Crippen LogP contribution in [0.15, 0.2) is 89.8 Å². The van der Waals surface area contributed by atoms with Crippen molar-refractivity contribution in [1.29, 1.82) is 0 Å². The summed E-state index contributed by atoms with van der Waals surface area (Å²) in [7, 11) is -3.80. The molecule has 144 valence electrons.